The van der Waals surface area contributed by atoms with E-state index < -0.39 is 42.3 Å². The van der Waals surface area contributed by atoms with Crippen LogP contribution in [0.15, 0.2) is 84.9 Å². The van der Waals surface area contributed by atoms with Crippen LogP contribution in [0.25, 0.3) is 28.3 Å². The fourth-order valence-corrected chi connectivity index (χ4v) is 5.20. The van der Waals surface area contributed by atoms with Crippen LogP contribution in [0.3, 0.4) is 0 Å². The van der Waals surface area contributed by atoms with Gasteiger partial charge in [0.1, 0.15) is 11.5 Å². The topological polar surface area (TPSA) is 149 Å². The summed E-state index contributed by atoms with van der Waals surface area (Å²) < 4.78 is 15.9. The number of hydrogen-bond acceptors (Lipinski definition) is 5. The Balaban J connectivity index is 1.87. The number of aliphatic hydroxyl groups is 2. The number of aromatic carboxylic acids is 1. The van der Waals surface area contributed by atoms with Gasteiger partial charge in [0.15, 0.2) is 0 Å². The summed E-state index contributed by atoms with van der Waals surface area (Å²) in [7, 11) is 0. The van der Waals surface area contributed by atoms with Crippen molar-refractivity contribution < 1.29 is 39.2 Å². The molecule has 0 saturated heterocycles. The average molecular weight is 615 g/mol. The van der Waals surface area contributed by atoms with Crippen molar-refractivity contribution in [1.82, 2.24) is 9.88 Å². The van der Waals surface area contributed by atoms with Gasteiger partial charge in [0.2, 0.25) is 0 Å². The summed E-state index contributed by atoms with van der Waals surface area (Å²) in [6.07, 6.45) is -0.118. The Morgan fingerprint density at radius 1 is 0.867 bits per heavy atom. The zero-order valence-electron chi connectivity index (χ0n) is 24.9. The van der Waals surface area contributed by atoms with Gasteiger partial charge in [0.05, 0.1) is 24.2 Å². The van der Waals surface area contributed by atoms with E-state index in [9.17, 15) is 34.1 Å². The molecule has 0 unspecified atom stereocenters. The van der Waals surface area contributed by atoms with Crippen LogP contribution >= 0.6 is 0 Å². The Kier molecular flexibility index (Phi) is 10.7. The second-order valence-electron chi connectivity index (χ2n) is 10.9. The molecule has 1 aromatic heterocycles. The highest BCUT2D eigenvalue weighted by Crippen LogP contribution is 2.42. The number of amides is 1. The minimum atomic E-state index is -1.26. The lowest BCUT2D eigenvalue weighted by molar-refractivity contribution is -0.139. The number of carbonyl (C=O) groups excluding carboxylic acids is 1. The summed E-state index contributed by atoms with van der Waals surface area (Å²) in [6.45, 7) is 3.91. The maximum Gasteiger partial charge on any atom is 0.335 e. The van der Waals surface area contributed by atoms with Crippen molar-refractivity contribution in [3.05, 3.63) is 113 Å². The smallest absolute Gasteiger partial charge is 0.335 e. The number of halogens is 1. The van der Waals surface area contributed by atoms with Crippen LogP contribution in [-0.2, 0) is 11.3 Å². The molecule has 3 aromatic carbocycles. The van der Waals surface area contributed by atoms with Crippen molar-refractivity contribution in [2.75, 3.05) is 0 Å². The Hall–Kier alpha value is -5.06. The van der Waals surface area contributed by atoms with Gasteiger partial charge < -0.3 is 30.3 Å². The predicted molar refractivity (Wildman–Crippen MR) is 168 cm³/mol. The summed E-state index contributed by atoms with van der Waals surface area (Å²) in [4.78, 5) is 36.3. The van der Waals surface area contributed by atoms with Crippen molar-refractivity contribution in [3.63, 3.8) is 0 Å². The summed E-state index contributed by atoms with van der Waals surface area (Å²) >= 11 is 0. The number of hydrogen-bond donors (Lipinski definition) is 5. The minimum Gasteiger partial charge on any atom is -0.481 e. The van der Waals surface area contributed by atoms with Crippen molar-refractivity contribution in [3.8, 4) is 22.3 Å². The number of rotatable bonds is 13. The van der Waals surface area contributed by atoms with Crippen LogP contribution in [0, 0.1) is 5.82 Å². The third kappa shape index (κ3) is 8.11. The molecule has 0 spiro atoms. The molecule has 45 heavy (non-hydrogen) atoms. The molecule has 1 heterocycles. The van der Waals surface area contributed by atoms with Gasteiger partial charge in [-0.2, -0.15) is 0 Å². The highest BCUT2D eigenvalue weighted by atomic mass is 19.1. The molecule has 0 radical (unpaired) electrons. The van der Waals surface area contributed by atoms with Gasteiger partial charge in [0.25, 0.3) is 5.91 Å². The molecule has 0 fully saturated rings. The monoisotopic (exact) mass is 614 g/mol. The first kappa shape index (κ1) is 32.8. The van der Waals surface area contributed by atoms with Crippen LogP contribution in [-0.4, -0.2) is 55.0 Å². The number of benzene rings is 3. The van der Waals surface area contributed by atoms with Gasteiger partial charge >= 0.3 is 11.9 Å². The van der Waals surface area contributed by atoms with Crippen molar-refractivity contribution in [2.45, 2.75) is 51.5 Å². The normalized spacial score (nSPS) is 12.8. The first-order valence-corrected chi connectivity index (χ1v) is 14.4. The minimum absolute atomic E-state index is 0.119. The van der Waals surface area contributed by atoms with Crippen molar-refractivity contribution in [2.24, 2.45) is 0 Å². The second kappa shape index (κ2) is 14.6. The lowest BCUT2D eigenvalue weighted by atomic mass is 9.94. The standard InChI is InChI=1S/C35H35FN2O7/c1-21(2)38-29(17-16-27(39)18-28(40)19-30(41)42)31(24-12-14-26(36)15-13-24)32(23-6-4-3-5-7-23)33(38)34(43)37-20-22-8-10-25(11-9-22)35(44)45/h3-17,21,27-28,39-40H,18-20H2,1-2H3,(H,37,43)(H,41,42)(H,44,45)/b17-16+/t27-,28-/m1/s1. The molecule has 0 saturated carbocycles. The van der Waals surface area contributed by atoms with Gasteiger partial charge in [-0.15, -0.1) is 0 Å². The van der Waals surface area contributed by atoms with E-state index in [1.807, 2.05) is 48.7 Å². The van der Waals surface area contributed by atoms with E-state index in [1.54, 1.807) is 30.3 Å². The number of nitrogens with one attached hydrogen (secondary N) is 1. The third-order valence-corrected chi connectivity index (χ3v) is 7.22. The quantitative estimate of drug-likeness (QED) is 0.128. The molecule has 0 bridgehead atoms. The molecule has 1 amide bonds. The zero-order valence-corrected chi connectivity index (χ0v) is 24.9. The molecule has 4 aromatic rings. The Bertz CT molecular complexity index is 1680. The molecule has 2 atom stereocenters. The zero-order chi connectivity index (χ0) is 32.7. The number of carbonyl (C=O) groups is 3. The van der Waals surface area contributed by atoms with Crippen molar-refractivity contribution >= 4 is 23.9 Å². The molecule has 5 N–H and O–H groups in total. The van der Waals surface area contributed by atoms with E-state index in [-0.39, 0.29) is 24.6 Å². The summed E-state index contributed by atoms with van der Waals surface area (Å²) in [5.41, 5.74) is 4.21. The lowest BCUT2D eigenvalue weighted by Gasteiger charge is -2.17. The molecular weight excluding hydrogens is 579 g/mol. The fourth-order valence-electron chi connectivity index (χ4n) is 5.20. The van der Waals surface area contributed by atoms with Crippen LogP contribution in [0.2, 0.25) is 0 Å². The van der Waals surface area contributed by atoms with Gasteiger partial charge in [-0.25, -0.2) is 9.18 Å². The maximum atomic E-state index is 14.1. The van der Waals surface area contributed by atoms with Crippen LogP contribution in [0.5, 0.6) is 0 Å². The van der Waals surface area contributed by atoms with Gasteiger partial charge in [0, 0.05) is 35.8 Å². The second-order valence-corrected chi connectivity index (χ2v) is 10.9. The lowest BCUT2D eigenvalue weighted by Crippen LogP contribution is -2.27. The summed E-state index contributed by atoms with van der Waals surface area (Å²) in [5.74, 6) is -3.09. The van der Waals surface area contributed by atoms with E-state index in [4.69, 9.17) is 5.11 Å². The molecular formula is C35H35FN2O7. The van der Waals surface area contributed by atoms with Crippen LogP contribution in [0.4, 0.5) is 4.39 Å². The van der Waals surface area contributed by atoms with Gasteiger partial charge in [-0.1, -0.05) is 60.7 Å². The third-order valence-electron chi connectivity index (χ3n) is 7.22. The Labute approximate surface area is 259 Å². The first-order valence-electron chi connectivity index (χ1n) is 14.4. The number of carboxylic acids is 2. The van der Waals surface area contributed by atoms with Gasteiger partial charge in [-0.3, -0.25) is 9.59 Å². The van der Waals surface area contributed by atoms with E-state index >= 15 is 0 Å². The average Bonchev–Trinajstić information content (AvgIpc) is 3.35. The number of aromatic nitrogens is 1. The predicted octanol–water partition coefficient (Wildman–Crippen LogP) is 5.77. The highest BCUT2D eigenvalue weighted by molar-refractivity contribution is 6.06. The van der Waals surface area contributed by atoms with E-state index in [2.05, 4.69) is 5.32 Å². The fraction of sp³-hybridized carbons (Fsp3) is 0.229. The first-order chi connectivity index (χ1) is 21.5. The maximum absolute atomic E-state index is 14.1. The van der Waals surface area contributed by atoms with Crippen molar-refractivity contribution in [1.29, 1.82) is 0 Å². The van der Waals surface area contributed by atoms with Crippen LogP contribution < -0.4 is 5.32 Å². The molecule has 9 nitrogen and oxygen atoms in total. The molecule has 0 aliphatic rings. The number of aliphatic carboxylic acids is 1. The highest BCUT2D eigenvalue weighted by Gasteiger charge is 2.29. The largest absolute Gasteiger partial charge is 0.481 e. The Morgan fingerprint density at radius 2 is 1.49 bits per heavy atom. The molecule has 0 aliphatic heterocycles. The molecule has 10 heteroatoms. The van der Waals surface area contributed by atoms with Gasteiger partial charge in [-0.05, 0) is 60.9 Å². The number of nitrogens with zero attached hydrogens (tertiary/aromatic N) is 1. The summed E-state index contributed by atoms with van der Waals surface area (Å²) in [6, 6.07) is 21.0. The molecule has 234 valence electrons. The van der Waals surface area contributed by atoms with E-state index in [1.165, 1.54) is 30.3 Å². The Morgan fingerprint density at radius 3 is 2.07 bits per heavy atom. The molecule has 4 rings (SSSR count). The number of carboxylic acid groups (broad SMARTS) is 2. The van der Waals surface area contributed by atoms with E-state index in [0.29, 0.717) is 33.6 Å². The van der Waals surface area contributed by atoms with Crippen LogP contribution in [0.1, 0.15) is 64.8 Å². The number of aliphatic hydroxyl groups excluding tert-OH is 2. The molecule has 0 aliphatic carbocycles. The SMILES string of the molecule is CC(C)n1c(/C=C/[C@@H](O)C[C@@H](O)CC(=O)O)c(-c2ccc(F)cc2)c(-c2ccccc2)c1C(=O)NCc1ccc(C(=O)O)cc1. The summed E-state index contributed by atoms with van der Waals surface area (Å²) in [5, 5.41) is 41.9. The van der Waals surface area contributed by atoms with E-state index in [0.717, 1.165) is 5.56 Å².